The molecule has 0 bridgehead atoms. The summed E-state index contributed by atoms with van der Waals surface area (Å²) < 4.78 is 5.46. The molecule has 1 fully saturated rings. The first-order valence-corrected chi connectivity index (χ1v) is 11.4. The van der Waals surface area contributed by atoms with Crippen LogP contribution in [0.2, 0.25) is 0 Å². The number of hydrogen-bond acceptors (Lipinski definition) is 8. The van der Waals surface area contributed by atoms with Gasteiger partial charge in [0.05, 0.1) is 17.3 Å². The summed E-state index contributed by atoms with van der Waals surface area (Å²) >= 11 is 1.68. The maximum atomic E-state index is 7.72. The maximum Gasteiger partial charge on any atom is 0.164 e. The third-order valence-electron chi connectivity index (χ3n) is 4.93. The maximum absolute atomic E-state index is 7.72. The Labute approximate surface area is 186 Å². The van der Waals surface area contributed by atoms with Gasteiger partial charge in [-0.1, -0.05) is 13.8 Å². The summed E-state index contributed by atoms with van der Waals surface area (Å²) in [6.07, 6.45) is 9.02. The lowest BCUT2D eigenvalue weighted by Gasteiger charge is -2.15. The number of imidazole rings is 1. The Hall–Kier alpha value is -2.94. The van der Waals surface area contributed by atoms with Crippen LogP contribution in [-0.4, -0.2) is 36.0 Å². The van der Waals surface area contributed by atoms with E-state index in [1.807, 2.05) is 6.07 Å². The van der Waals surface area contributed by atoms with Crippen LogP contribution in [0.25, 0.3) is 16.6 Å². The predicted octanol–water partition coefficient (Wildman–Crippen LogP) is 5.06. The molecule has 1 saturated carbocycles. The molecular weight excluding hydrogens is 408 g/mol. The highest BCUT2D eigenvalue weighted by molar-refractivity contribution is 7.98. The molecule has 3 aromatic heterocycles. The van der Waals surface area contributed by atoms with Crippen molar-refractivity contribution in [1.82, 2.24) is 29.2 Å². The minimum absolute atomic E-state index is 0.296. The molecule has 1 aliphatic carbocycles. The Balaban J connectivity index is 1.59. The van der Waals surface area contributed by atoms with Crippen LogP contribution in [-0.2, 0) is 0 Å². The average Bonchev–Trinajstić information content (AvgIpc) is 3.48. The van der Waals surface area contributed by atoms with Crippen molar-refractivity contribution in [2.24, 2.45) is 0 Å². The van der Waals surface area contributed by atoms with Crippen molar-refractivity contribution >= 4 is 46.4 Å². The van der Waals surface area contributed by atoms with Crippen molar-refractivity contribution < 1.29 is 0 Å². The molecule has 0 amide bonds. The number of pyridine rings is 1. The van der Waals surface area contributed by atoms with Crippen LogP contribution in [0, 0.1) is 5.41 Å². The first kappa shape index (κ1) is 21.3. The van der Waals surface area contributed by atoms with Gasteiger partial charge in [-0.2, -0.15) is 0 Å². The van der Waals surface area contributed by atoms with Gasteiger partial charge in [0.25, 0.3) is 0 Å². The van der Waals surface area contributed by atoms with Crippen LogP contribution >= 0.6 is 11.9 Å². The van der Waals surface area contributed by atoms with Crippen molar-refractivity contribution in [2.75, 3.05) is 5.32 Å². The standard InChI is InChI=1S/C22H28N8S/c1-13(2)22-27-17-12-25-20(9-18(17)30(22)14(3)4)28-19-7-8-24-21(29-19)15(10-23)11-26-31-16-5-6-16/h7-14,16,23,26H,5-6H2,1-4H3,(H,24,25,28,29)/b15-11+,23-10?. The number of fused-ring (bicyclic) bond motifs is 1. The van der Waals surface area contributed by atoms with E-state index in [4.69, 9.17) is 10.4 Å². The average molecular weight is 437 g/mol. The second-order valence-corrected chi connectivity index (χ2v) is 9.35. The summed E-state index contributed by atoms with van der Waals surface area (Å²) in [4.78, 5) is 18.2. The fourth-order valence-corrected chi connectivity index (χ4v) is 4.04. The quantitative estimate of drug-likeness (QED) is 0.318. The van der Waals surface area contributed by atoms with E-state index in [0.717, 1.165) is 16.9 Å². The highest BCUT2D eigenvalue weighted by Gasteiger charge is 2.21. The van der Waals surface area contributed by atoms with Crippen LogP contribution in [0.1, 0.15) is 64.1 Å². The van der Waals surface area contributed by atoms with E-state index >= 15 is 0 Å². The van der Waals surface area contributed by atoms with Crippen molar-refractivity contribution in [2.45, 2.75) is 57.7 Å². The van der Waals surface area contributed by atoms with E-state index in [1.165, 1.54) is 19.1 Å². The van der Waals surface area contributed by atoms with Crippen LogP contribution in [0.3, 0.4) is 0 Å². The zero-order chi connectivity index (χ0) is 22.0. The van der Waals surface area contributed by atoms with Gasteiger partial charge in [0.2, 0.25) is 0 Å². The molecule has 3 aromatic rings. The molecule has 0 unspecified atom stereocenters. The fourth-order valence-electron chi connectivity index (χ4n) is 3.28. The summed E-state index contributed by atoms with van der Waals surface area (Å²) in [6, 6.07) is 4.10. The Morgan fingerprint density at radius 3 is 2.68 bits per heavy atom. The zero-order valence-corrected chi connectivity index (χ0v) is 19.1. The van der Waals surface area contributed by atoms with Crippen LogP contribution in [0.5, 0.6) is 0 Å². The van der Waals surface area contributed by atoms with Gasteiger partial charge in [0, 0.05) is 41.9 Å². The number of rotatable bonds is 9. The summed E-state index contributed by atoms with van der Waals surface area (Å²) in [7, 11) is 0. The molecule has 0 atom stereocenters. The molecule has 0 spiro atoms. The van der Waals surface area contributed by atoms with E-state index in [9.17, 15) is 0 Å². The molecule has 0 radical (unpaired) electrons. The van der Waals surface area contributed by atoms with Crippen molar-refractivity contribution in [3.8, 4) is 0 Å². The summed E-state index contributed by atoms with van der Waals surface area (Å²) in [6.45, 7) is 8.64. The number of nitrogens with zero attached hydrogens (tertiary/aromatic N) is 5. The van der Waals surface area contributed by atoms with Crippen molar-refractivity contribution in [3.63, 3.8) is 0 Å². The van der Waals surface area contributed by atoms with E-state index in [1.54, 1.807) is 36.6 Å². The summed E-state index contributed by atoms with van der Waals surface area (Å²) in [5.41, 5.74) is 2.56. The topological polar surface area (TPSA) is 104 Å². The molecule has 4 rings (SSSR count). The minimum Gasteiger partial charge on any atom is -0.336 e. The largest absolute Gasteiger partial charge is 0.336 e. The van der Waals surface area contributed by atoms with Crippen molar-refractivity contribution in [3.05, 3.63) is 42.4 Å². The number of nitrogens with one attached hydrogen (secondary N) is 3. The van der Waals surface area contributed by atoms with E-state index < -0.39 is 0 Å². The second kappa shape index (κ2) is 9.05. The lowest BCUT2D eigenvalue weighted by molar-refractivity contribution is 0.564. The molecule has 9 heteroatoms. The van der Waals surface area contributed by atoms with Gasteiger partial charge < -0.3 is 20.0 Å². The molecule has 1 aliphatic rings. The van der Waals surface area contributed by atoms with Crippen LogP contribution < -0.4 is 10.0 Å². The Bertz CT molecular complexity index is 1110. The second-order valence-electron chi connectivity index (χ2n) is 8.22. The van der Waals surface area contributed by atoms with Gasteiger partial charge in [-0.15, -0.1) is 0 Å². The number of aromatic nitrogens is 5. The molecule has 0 aromatic carbocycles. The number of anilines is 2. The highest BCUT2D eigenvalue weighted by atomic mass is 32.2. The Kier molecular flexibility index (Phi) is 6.22. The van der Waals surface area contributed by atoms with E-state index in [2.05, 4.69) is 57.3 Å². The minimum atomic E-state index is 0.296. The van der Waals surface area contributed by atoms with E-state index in [0.29, 0.717) is 40.2 Å². The number of hydrogen-bond donors (Lipinski definition) is 3. The summed E-state index contributed by atoms with van der Waals surface area (Å²) in [5, 5.41) is 11.7. The third kappa shape index (κ3) is 4.87. The molecule has 31 heavy (non-hydrogen) atoms. The molecule has 8 nitrogen and oxygen atoms in total. The van der Waals surface area contributed by atoms with Crippen LogP contribution in [0.15, 0.2) is 30.7 Å². The normalized spacial score (nSPS) is 14.5. The fraction of sp³-hybridized carbons (Fsp3) is 0.409. The zero-order valence-electron chi connectivity index (χ0n) is 18.3. The SMILES string of the molecule is CC(C)c1nc2cnc(Nc3ccnc(/C(C=N)=C/NSC4CC4)n3)cc2n1C(C)C. The lowest BCUT2D eigenvalue weighted by Crippen LogP contribution is -2.08. The highest BCUT2D eigenvalue weighted by Crippen LogP contribution is 2.32. The van der Waals surface area contributed by atoms with Gasteiger partial charge in [0.1, 0.15) is 23.0 Å². The molecule has 0 saturated heterocycles. The van der Waals surface area contributed by atoms with Gasteiger partial charge in [-0.25, -0.2) is 19.9 Å². The lowest BCUT2D eigenvalue weighted by atomic mass is 10.2. The van der Waals surface area contributed by atoms with Gasteiger partial charge in [-0.05, 0) is 44.7 Å². The predicted molar refractivity (Wildman–Crippen MR) is 128 cm³/mol. The number of allylic oxidation sites excluding steroid dienone is 1. The molecule has 3 heterocycles. The Morgan fingerprint density at radius 2 is 2.00 bits per heavy atom. The first-order chi connectivity index (χ1) is 15.0. The monoisotopic (exact) mass is 436 g/mol. The van der Waals surface area contributed by atoms with Gasteiger partial charge >= 0.3 is 0 Å². The molecule has 0 aliphatic heterocycles. The Morgan fingerprint density at radius 1 is 1.19 bits per heavy atom. The summed E-state index contributed by atoms with van der Waals surface area (Å²) in [5.74, 6) is 3.19. The third-order valence-corrected chi connectivity index (χ3v) is 5.99. The van der Waals surface area contributed by atoms with Crippen molar-refractivity contribution in [1.29, 1.82) is 5.41 Å². The molecule has 3 N–H and O–H groups in total. The smallest absolute Gasteiger partial charge is 0.164 e. The first-order valence-electron chi connectivity index (χ1n) is 10.6. The van der Waals surface area contributed by atoms with E-state index in [-0.39, 0.29) is 0 Å². The van der Waals surface area contributed by atoms with Crippen LogP contribution in [0.4, 0.5) is 11.6 Å². The van der Waals surface area contributed by atoms with Gasteiger partial charge in [0.15, 0.2) is 5.82 Å². The van der Waals surface area contributed by atoms with Gasteiger partial charge in [-0.3, -0.25) is 0 Å². The molecular formula is C22H28N8S. The molecule has 162 valence electrons.